The topological polar surface area (TPSA) is 46.3 Å². The Balaban J connectivity index is 2.15. The van der Waals surface area contributed by atoms with Crippen LogP contribution >= 0.6 is 34.8 Å². The Bertz CT molecular complexity index is 810. The molecule has 1 heterocycles. The average Bonchev–Trinajstić information content (AvgIpc) is 2.90. The minimum Gasteiger partial charge on any atom is -0.391 e. The van der Waals surface area contributed by atoms with Crippen LogP contribution in [0, 0.1) is 0 Å². The molecule has 0 fully saturated rings. The number of aliphatic hydroxyl groups is 1. The van der Waals surface area contributed by atoms with E-state index in [0.717, 1.165) is 5.56 Å². The van der Waals surface area contributed by atoms with E-state index in [4.69, 9.17) is 39.3 Å². The van der Waals surface area contributed by atoms with Crippen LogP contribution < -0.4 is 0 Å². The van der Waals surface area contributed by atoms with Gasteiger partial charge in [0.25, 0.3) is 0 Å². The summed E-state index contributed by atoms with van der Waals surface area (Å²) in [6.07, 6.45) is 0. The van der Waals surface area contributed by atoms with Gasteiger partial charge in [-0.1, -0.05) is 52.1 Å². The van der Waals surface area contributed by atoms with Crippen LogP contribution in [0.2, 0.25) is 15.1 Å². The monoisotopic (exact) mass is 353 g/mol. The maximum absolute atomic E-state index is 9.72. The zero-order valence-corrected chi connectivity index (χ0v) is 13.5. The van der Waals surface area contributed by atoms with Crippen molar-refractivity contribution < 1.29 is 9.63 Å². The van der Waals surface area contributed by atoms with E-state index in [1.54, 1.807) is 36.4 Å². The fourth-order valence-corrected chi connectivity index (χ4v) is 2.95. The summed E-state index contributed by atoms with van der Waals surface area (Å²) in [4.78, 5) is 0. The van der Waals surface area contributed by atoms with E-state index in [9.17, 15) is 5.11 Å². The van der Waals surface area contributed by atoms with Crippen LogP contribution in [0.3, 0.4) is 0 Å². The highest BCUT2D eigenvalue weighted by molar-refractivity contribution is 6.35. The average molecular weight is 355 g/mol. The second-order valence-electron chi connectivity index (χ2n) is 4.67. The van der Waals surface area contributed by atoms with Gasteiger partial charge in [-0.05, 0) is 30.3 Å². The van der Waals surface area contributed by atoms with E-state index in [2.05, 4.69) is 5.16 Å². The molecule has 0 aliphatic carbocycles. The summed E-state index contributed by atoms with van der Waals surface area (Å²) in [6.45, 7) is -0.231. The van der Waals surface area contributed by atoms with Crippen molar-refractivity contribution in [2.24, 2.45) is 0 Å². The first-order valence-corrected chi connectivity index (χ1v) is 7.53. The molecule has 0 amide bonds. The summed E-state index contributed by atoms with van der Waals surface area (Å²) in [5.74, 6) is 0.469. The molecule has 0 saturated heterocycles. The van der Waals surface area contributed by atoms with Gasteiger partial charge in [0.15, 0.2) is 5.76 Å². The van der Waals surface area contributed by atoms with Gasteiger partial charge in [0.05, 0.1) is 12.2 Å². The molecule has 0 radical (unpaired) electrons. The summed E-state index contributed by atoms with van der Waals surface area (Å²) in [6, 6.07) is 12.2. The Labute approximate surface area is 142 Å². The third kappa shape index (κ3) is 2.99. The van der Waals surface area contributed by atoms with Gasteiger partial charge >= 0.3 is 0 Å². The molecule has 1 N–H and O–H groups in total. The SMILES string of the molecule is OCc1c(-c2cc(Cl)cc(Cl)c2)noc1-c1cccc(Cl)c1. The van der Waals surface area contributed by atoms with Crippen molar-refractivity contribution >= 4 is 34.8 Å². The fourth-order valence-electron chi connectivity index (χ4n) is 2.23. The molecule has 0 atom stereocenters. The van der Waals surface area contributed by atoms with E-state index >= 15 is 0 Å². The standard InChI is InChI=1S/C16H10Cl3NO2/c17-11-3-1-2-9(4-11)16-14(8-21)15(20-22-16)10-5-12(18)7-13(19)6-10/h1-7,21H,8H2. The lowest BCUT2D eigenvalue weighted by atomic mass is 10.0. The predicted molar refractivity (Wildman–Crippen MR) is 88.3 cm³/mol. The van der Waals surface area contributed by atoms with Crippen LogP contribution in [0.4, 0.5) is 0 Å². The van der Waals surface area contributed by atoms with Crippen LogP contribution in [0.1, 0.15) is 5.56 Å². The molecule has 3 rings (SSSR count). The van der Waals surface area contributed by atoms with E-state index in [0.29, 0.717) is 37.6 Å². The molecule has 22 heavy (non-hydrogen) atoms. The van der Waals surface area contributed by atoms with Gasteiger partial charge in [-0.3, -0.25) is 0 Å². The number of benzene rings is 2. The Hall–Kier alpha value is -1.52. The van der Waals surface area contributed by atoms with Crippen LogP contribution in [0.15, 0.2) is 47.0 Å². The smallest absolute Gasteiger partial charge is 0.173 e. The summed E-state index contributed by atoms with van der Waals surface area (Å²) in [5, 5.41) is 15.3. The Kier molecular flexibility index (Phi) is 4.41. The summed E-state index contributed by atoms with van der Waals surface area (Å²) >= 11 is 18.0. The van der Waals surface area contributed by atoms with Crippen LogP contribution in [-0.2, 0) is 6.61 Å². The summed E-state index contributed by atoms with van der Waals surface area (Å²) < 4.78 is 5.41. The molecule has 0 aliphatic heterocycles. The number of hydrogen-bond donors (Lipinski definition) is 1. The molecule has 1 aromatic heterocycles. The maximum Gasteiger partial charge on any atom is 0.173 e. The first-order chi connectivity index (χ1) is 10.6. The number of rotatable bonds is 3. The molecule has 3 nitrogen and oxygen atoms in total. The Morgan fingerprint density at radius 2 is 1.59 bits per heavy atom. The number of hydrogen-bond acceptors (Lipinski definition) is 3. The highest BCUT2D eigenvalue weighted by atomic mass is 35.5. The second kappa shape index (κ2) is 6.31. The van der Waals surface area contributed by atoms with Crippen LogP contribution in [0.5, 0.6) is 0 Å². The Morgan fingerprint density at radius 3 is 2.23 bits per heavy atom. The van der Waals surface area contributed by atoms with E-state index < -0.39 is 0 Å². The van der Waals surface area contributed by atoms with Gasteiger partial charge in [-0.15, -0.1) is 0 Å². The summed E-state index contributed by atoms with van der Waals surface area (Å²) in [5.41, 5.74) is 2.48. The molecule has 0 unspecified atom stereocenters. The molecule has 2 aromatic carbocycles. The van der Waals surface area contributed by atoms with Crippen molar-refractivity contribution in [2.45, 2.75) is 6.61 Å². The van der Waals surface area contributed by atoms with E-state index in [1.807, 2.05) is 6.07 Å². The molecule has 6 heteroatoms. The zero-order chi connectivity index (χ0) is 15.7. The van der Waals surface area contributed by atoms with Gasteiger partial charge in [0, 0.05) is 26.2 Å². The van der Waals surface area contributed by atoms with Gasteiger partial charge in [0.1, 0.15) is 5.69 Å². The summed E-state index contributed by atoms with van der Waals surface area (Å²) in [7, 11) is 0. The minimum absolute atomic E-state index is 0.231. The number of aliphatic hydroxyl groups excluding tert-OH is 1. The van der Waals surface area contributed by atoms with Crippen molar-refractivity contribution in [1.82, 2.24) is 5.16 Å². The number of halogens is 3. The van der Waals surface area contributed by atoms with Gasteiger partial charge in [0.2, 0.25) is 0 Å². The zero-order valence-electron chi connectivity index (χ0n) is 11.2. The normalized spacial score (nSPS) is 10.9. The highest BCUT2D eigenvalue weighted by Gasteiger charge is 2.19. The van der Waals surface area contributed by atoms with Crippen molar-refractivity contribution in [3.05, 3.63) is 63.1 Å². The quantitative estimate of drug-likeness (QED) is 0.679. The van der Waals surface area contributed by atoms with Gasteiger partial charge < -0.3 is 9.63 Å². The Morgan fingerprint density at radius 1 is 0.909 bits per heavy atom. The molecule has 3 aromatic rings. The molecule has 112 valence electrons. The minimum atomic E-state index is -0.231. The second-order valence-corrected chi connectivity index (χ2v) is 5.97. The third-order valence-electron chi connectivity index (χ3n) is 3.17. The third-order valence-corrected chi connectivity index (χ3v) is 3.84. The highest BCUT2D eigenvalue weighted by Crippen LogP contribution is 2.35. The van der Waals surface area contributed by atoms with Crippen molar-refractivity contribution in [2.75, 3.05) is 0 Å². The maximum atomic E-state index is 9.72. The van der Waals surface area contributed by atoms with Crippen molar-refractivity contribution in [1.29, 1.82) is 0 Å². The molecule has 0 saturated carbocycles. The van der Waals surface area contributed by atoms with Gasteiger partial charge in [-0.25, -0.2) is 0 Å². The van der Waals surface area contributed by atoms with Crippen LogP contribution in [0.25, 0.3) is 22.6 Å². The van der Waals surface area contributed by atoms with Crippen LogP contribution in [-0.4, -0.2) is 10.3 Å². The first kappa shape index (κ1) is 15.4. The number of nitrogens with zero attached hydrogens (tertiary/aromatic N) is 1. The lowest BCUT2D eigenvalue weighted by Gasteiger charge is -2.03. The van der Waals surface area contributed by atoms with Crippen molar-refractivity contribution in [3.8, 4) is 22.6 Å². The number of aromatic nitrogens is 1. The molecular formula is C16H10Cl3NO2. The van der Waals surface area contributed by atoms with Gasteiger partial charge in [-0.2, -0.15) is 0 Å². The largest absolute Gasteiger partial charge is 0.391 e. The predicted octanol–water partition coefficient (Wildman–Crippen LogP) is 5.46. The molecule has 0 bridgehead atoms. The van der Waals surface area contributed by atoms with E-state index in [-0.39, 0.29) is 6.61 Å². The lowest BCUT2D eigenvalue weighted by molar-refractivity contribution is 0.281. The molecule has 0 aliphatic rings. The van der Waals surface area contributed by atoms with Crippen molar-refractivity contribution in [3.63, 3.8) is 0 Å². The first-order valence-electron chi connectivity index (χ1n) is 6.40. The lowest BCUT2D eigenvalue weighted by Crippen LogP contribution is -1.89. The molecule has 0 spiro atoms. The van der Waals surface area contributed by atoms with E-state index in [1.165, 1.54) is 0 Å². The molecular weight excluding hydrogens is 345 g/mol. The fraction of sp³-hybridized carbons (Fsp3) is 0.0625.